The molecular weight excluding hydrogens is 655 g/mol. The standard InChI is InChI=1S/C51H41N3/c1-50(2,3)29-21-23-42-38(25-29)39-26-30(51(4,5)6)22-24-43(39)52(42)31-27-44-47-45(28-31)54-41-20-10-8-14-33(41)35-16-12-18-37(49(35)54)46(47)36-17-11-15-34-32-13-7-9-19-40(32)53(44)48(34)36/h7-28,46H,1-6H3. The molecule has 0 N–H and O–H groups in total. The summed E-state index contributed by atoms with van der Waals surface area (Å²) in [6.45, 7) is 13.9. The van der Waals surface area contributed by atoms with E-state index in [1.54, 1.807) is 0 Å². The van der Waals surface area contributed by atoms with E-state index in [-0.39, 0.29) is 16.7 Å². The van der Waals surface area contributed by atoms with Gasteiger partial charge in [0.1, 0.15) is 0 Å². The number of rotatable bonds is 1. The highest BCUT2D eigenvalue weighted by Crippen LogP contribution is 2.55. The molecule has 3 nitrogen and oxygen atoms in total. The minimum Gasteiger partial charge on any atom is -0.309 e. The van der Waals surface area contributed by atoms with Crippen LogP contribution in [0.15, 0.2) is 133 Å². The Bertz CT molecular complexity index is 3080. The van der Waals surface area contributed by atoms with Crippen molar-refractivity contribution in [2.24, 2.45) is 0 Å². The molecule has 10 aromatic rings. The Labute approximate surface area is 314 Å². The van der Waals surface area contributed by atoms with Gasteiger partial charge in [-0.15, -0.1) is 0 Å². The summed E-state index contributed by atoms with van der Waals surface area (Å²) in [6.07, 6.45) is 0. The third kappa shape index (κ3) is 3.72. The Morgan fingerprint density at radius 3 is 1.28 bits per heavy atom. The van der Waals surface area contributed by atoms with Gasteiger partial charge in [-0.1, -0.05) is 126 Å². The van der Waals surface area contributed by atoms with Crippen LogP contribution >= 0.6 is 0 Å². The van der Waals surface area contributed by atoms with Crippen molar-refractivity contribution in [1.29, 1.82) is 0 Å². The molecule has 0 saturated carbocycles. The summed E-state index contributed by atoms with van der Waals surface area (Å²) in [4.78, 5) is 0. The maximum Gasteiger partial charge on any atom is 0.0582 e. The minimum atomic E-state index is 0.0394. The van der Waals surface area contributed by atoms with E-state index in [0.29, 0.717) is 0 Å². The fraction of sp³-hybridized carbons (Fsp3) is 0.176. The maximum atomic E-state index is 2.58. The Balaban J connectivity index is 1.29. The Hall–Kier alpha value is -6.06. The fourth-order valence-electron chi connectivity index (χ4n) is 10.2. The van der Waals surface area contributed by atoms with Crippen molar-refractivity contribution in [2.45, 2.75) is 58.3 Å². The van der Waals surface area contributed by atoms with Crippen LogP contribution in [0.25, 0.3) is 82.5 Å². The lowest BCUT2D eigenvalue weighted by Crippen LogP contribution is -2.22. The van der Waals surface area contributed by atoms with Crippen LogP contribution in [0.3, 0.4) is 0 Å². The van der Waals surface area contributed by atoms with E-state index >= 15 is 0 Å². The lowest BCUT2D eigenvalue weighted by molar-refractivity contribution is 0.590. The first-order valence-corrected chi connectivity index (χ1v) is 19.4. The molecule has 3 aromatic heterocycles. The van der Waals surface area contributed by atoms with Gasteiger partial charge in [-0.3, -0.25) is 0 Å². The Morgan fingerprint density at radius 1 is 0.389 bits per heavy atom. The molecule has 54 heavy (non-hydrogen) atoms. The van der Waals surface area contributed by atoms with Crippen LogP contribution in [-0.4, -0.2) is 13.7 Å². The highest BCUT2D eigenvalue weighted by Gasteiger charge is 2.38. The highest BCUT2D eigenvalue weighted by atomic mass is 15.1. The summed E-state index contributed by atoms with van der Waals surface area (Å²) in [5.74, 6) is 0.118. The molecule has 3 heteroatoms. The van der Waals surface area contributed by atoms with Gasteiger partial charge in [-0.05, 0) is 81.6 Å². The van der Waals surface area contributed by atoms with Gasteiger partial charge in [0.2, 0.25) is 0 Å². The molecule has 7 aromatic carbocycles. The normalized spacial score (nSPS) is 14.0. The van der Waals surface area contributed by atoms with Crippen LogP contribution in [-0.2, 0) is 10.8 Å². The molecule has 0 saturated heterocycles. The van der Waals surface area contributed by atoms with Crippen LogP contribution in [0.2, 0.25) is 0 Å². The first kappa shape index (κ1) is 30.4. The monoisotopic (exact) mass is 695 g/mol. The topological polar surface area (TPSA) is 14.8 Å². The maximum absolute atomic E-state index is 2.58. The van der Waals surface area contributed by atoms with Gasteiger partial charge < -0.3 is 13.7 Å². The van der Waals surface area contributed by atoms with E-state index in [2.05, 4.69) is 189 Å². The number of aromatic nitrogens is 3. The predicted octanol–water partition coefficient (Wildman–Crippen LogP) is 13.4. The summed E-state index contributed by atoms with van der Waals surface area (Å²) < 4.78 is 7.71. The van der Waals surface area contributed by atoms with Gasteiger partial charge in [0, 0.05) is 43.8 Å². The zero-order valence-corrected chi connectivity index (χ0v) is 31.6. The summed E-state index contributed by atoms with van der Waals surface area (Å²) in [6, 6.07) is 51.3. The van der Waals surface area contributed by atoms with Gasteiger partial charge in [0.05, 0.1) is 50.2 Å². The van der Waals surface area contributed by atoms with Crippen LogP contribution < -0.4 is 0 Å². The van der Waals surface area contributed by atoms with E-state index in [1.807, 2.05) is 0 Å². The molecule has 2 aliphatic heterocycles. The zero-order valence-electron chi connectivity index (χ0n) is 31.6. The second-order valence-electron chi connectivity index (χ2n) is 17.8. The van der Waals surface area contributed by atoms with Crippen molar-refractivity contribution in [2.75, 3.05) is 0 Å². The van der Waals surface area contributed by atoms with E-state index < -0.39 is 0 Å². The van der Waals surface area contributed by atoms with Crippen LogP contribution in [0.1, 0.15) is 75.3 Å². The van der Waals surface area contributed by atoms with E-state index in [4.69, 9.17) is 0 Å². The molecule has 0 amide bonds. The summed E-state index contributed by atoms with van der Waals surface area (Å²) in [5, 5.41) is 7.87. The summed E-state index contributed by atoms with van der Waals surface area (Å²) in [7, 11) is 0. The number of nitrogens with zero attached hydrogens (tertiary/aromatic N) is 3. The minimum absolute atomic E-state index is 0.0394. The van der Waals surface area contributed by atoms with Crippen molar-refractivity contribution >= 4 is 65.4 Å². The lowest BCUT2D eigenvalue weighted by atomic mass is 9.78. The molecule has 260 valence electrons. The number of para-hydroxylation sites is 4. The molecule has 0 bridgehead atoms. The van der Waals surface area contributed by atoms with E-state index in [9.17, 15) is 0 Å². The Morgan fingerprint density at radius 2 is 0.815 bits per heavy atom. The van der Waals surface area contributed by atoms with Gasteiger partial charge in [-0.2, -0.15) is 0 Å². The van der Waals surface area contributed by atoms with E-state index in [1.165, 1.54) is 110 Å². The molecule has 0 aliphatic carbocycles. The molecule has 2 aliphatic rings. The van der Waals surface area contributed by atoms with Crippen LogP contribution in [0.4, 0.5) is 0 Å². The van der Waals surface area contributed by atoms with Crippen molar-refractivity contribution < 1.29 is 0 Å². The number of benzene rings is 7. The van der Waals surface area contributed by atoms with Gasteiger partial charge in [0.15, 0.2) is 0 Å². The Kier molecular flexibility index (Phi) is 5.58. The largest absolute Gasteiger partial charge is 0.309 e. The molecular formula is C51H41N3. The smallest absolute Gasteiger partial charge is 0.0582 e. The van der Waals surface area contributed by atoms with Crippen molar-refractivity contribution in [1.82, 2.24) is 13.7 Å². The third-order valence-corrected chi connectivity index (χ3v) is 12.7. The molecule has 0 radical (unpaired) electrons. The van der Waals surface area contributed by atoms with Gasteiger partial charge >= 0.3 is 0 Å². The highest BCUT2D eigenvalue weighted by molar-refractivity contribution is 6.15. The first-order chi connectivity index (χ1) is 26.1. The third-order valence-electron chi connectivity index (χ3n) is 12.7. The average molecular weight is 696 g/mol. The molecule has 0 spiro atoms. The van der Waals surface area contributed by atoms with E-state index in [0.717, 1.165) is 0 Å². The summed E-state index contributed by atoms with van der Waals surface area (Å²) >= 11 is 0. The van der Waals surface area contributed by atoms with Crippen molar-refractivity contribution in [3.8, 4) is 17.1 Å². The predicted molar refractivity (Wildman–Crippen MR) is 228 cm³/mol. The quantitative estimate of drug-likeness (QED) is 0.162. The molecule has 0 unspecified atom stereocenters. The molecule has 5 heterocycles. The lowest BCUT2D eigenvalue weighted by Gasteiger charge is -2.35. The van der Waals surface area contributed by atoms with Gasteiger partial charge in [0.25, 0.3) is 0 Å². The molecule has 0 atom stereocenters. The zero-order chi connectivity index (χ0) is 36.4. The second kappa shape index (κ2) is 9.92. The van der Waals surface area contributed by atoms with Crippen molar-refractivity contribution in [3.05, 3.63) is 161 Å². The van der Waals surface area contributed by atoms with Gasteiger partial charge in [-0.25, -0.2) is 0 Å². The van der Waals surface area contributed by atoms with Crippen molar-refractivity contribution in [3.63, 3.8) is 0 Å². The van der Waals surface area contributed by atoms with Crippen LogP contribution in [0, 0.1) is 0 Å². The first-order valence-electron chi connectivity index (χ1n) is 19.4. The number of fused-ring (bicyclic) bond motifs is 13. The molecule has 12 rings (SSSR count). The number of hydrogen-bond acceptors (Lipinski definition) is 0. The van der Waals surface area contributed by atoms with Crippen LogP contribution in [0.5, 0.6) is 0 Å². The average Bonchev–Trinajstić information content (AvgIpc) is 3.81. The second-order valence-corrected chi connectivity index (χ2v) is 17.8. The summed E-state index contributed by atoms with van der Waals surface area (Å²) in [5.41, 5.74) is 18.3. The number of hydrogen-bond donors (Lipinski definition) is 0. The molecule has 0 fully saturated rings. The fourth-order valence-corrected chi connectivity index (χ4v) is 10.2. The SMILES string of the molecule is CC(C)(C)c1ccc2c(c1)c1cc(C(C)(C)C)ccc1n2-c1cc2c3c(c1)-n1c4ccccc4c4cccc(c41)C3c1cccc3c4ccccc4n-2c13.